The third kappa shape index (κ3) is 5.91. The zero-order valence-corrected chi connectivity index (χ0v) is 15.8. The van der Waals surface area contributed by atoms with Crippen molar-refractivity contribution in [3.63, 3.8) is 0 Å². The molecule has 1 N–H and O–H groups in total. The zero-order chi connectivity index (χ0) is 18.1. The van der Waals surface area contributed by atoms with Crippen LogP contribution >= 0.6 is 15.9 Å². The summed E-state index contributed by atoms with van der Waals surface area (Å²) in [7, 11) is 0. The Balaban J connectivity index is 2.06. The monoisotopic (exact) mass is 400 g/mol. The minimum Gasteiger partial charge on any atom is -0.493 e. The summed E-state index contributed by atoms with van der Waals surface area (Å²) in [6.45, 7) is 2.76. The van der Waals surface area contributed by atoms with E-state index in [9.17, 15) is 4.79 Å². The molecule has 0 fully saturated rings. The summed E-state index contributed by atoms with van der Waals surface area (Å²) in [5.74, 6) is 0.334. The van der Waals surface area contributed by atoms with Crippen LogP contribution in [0.15, 0.2) is 46.9 Å². The van der Waals surface area contributed by atoms with E-state index in [2.05, 4.69) is 34.2 Å². The van der Waals surface area contributed by atoms with E-state index < -0.39 is 0 Å². The molecule has 0 spiro atoms. The Morgan fingerprint density at radius 3 is 2.60 bits per heavy atom. The molecule has 25 heavy (non-hydrogen) atoms. The Morgan fingerprint density at radius 1 is 1.16 bits per heavy atom. The average molecular weight is 401 g/mol. The number of unbranched alkanes of at least 4 members (excludes halogenated alkanes) is 3. The predicted molar refractivity (Wildman–Crippen MR) is 103 cm³/mol. The SMILES string of the molecule is CCCCCCOc1ccc(Br)cc1C(=O)Nc1ccc(C#N)cc1. The van der Waals surface area contributed by atoms with Crippen LogP contribution in [-0.4, -0.2) is 12.5 Å². The summed E-state index contributed by atoms with van der Waals surface area (Å²) in [5, 5.41) is 11.7. The Bertz CT molecular complexity index is 751. The number of nitrogens with one attached hydrogen (secondary N) is 1. The maximum atomic E-state index is 12.6. The number of nitrogens with zero attached hydrogens (tertiary/aromatic N) is 1. The lowest BCUT2D eigenvalue weighted by molar-refractivity contribution is 0.102. The number of carbonyl (C=O) groups is 1. The molecule has 2 aromatic rings. The van der Waals surface area contributed by atoms with Gasteiger partial charge in [0.05, 0.1) is 23.8 Å². The molecule has 0 aliphatic carbocycles. The summed E-state index contributed by atoms with van der Waals surface area (Å²) in [6, 6.07) is 14.2. The van der Waals surface area contributed by atoms with E-state index in [-0.39, 0.29) is 5.91 Å². The highest BCUT2D eigenvalue weighted by Gasteiger charge is 2.14. The van der Waals surface area contributed by atoms with Gasteiger partial charge in [-0.3, -0.25) is 4.79 Å². The third-order valence-electron chi connectivity index (χ3n) is 3.71. The fraction of sp³-hybridized carbons (Fsp3) is 0.300. The normalized spacial score (nSPS) is 10.1. The fourth-order valence-electron chi connectivity index (χ4n) is 2.34. The van der Waals surface area contributed by atoms with Gasteiger partial charge in [0.1, 0.15) is 5.75 Å². The van der Waals surface area contributed by atoms with Crippen LogP contribution in [0.25, 0.3) is 0 Å². The van der Waals surface area contributed by atoms with Crippen LogP contribution < -0.4 is 10.1 Å². The van der Waals surface area contributed by atoms with E-state index >= 15 is 0 Å². The summed E-state index contributed by atoms with van der Waals surface area (Å²) in [4.78, 5) is 12.6. The molecule has 0 aromatic heterocycles. The second kappa shape index (κ2) is 9.85. The standard InChI is InChI=1S/C20H21BrN2O2/c1-2-3-4-5-12-25-19-11-8-16(21)13-18(19)20(24)23-17-9-6-15(14-22)7-10-17/h6-11,13H,2-5,12H2,1H3,(H,23,24). The molecule has 0 bridgehead atoms. The van der Waals surface area contributed by atoms with Gasteiger partial charge >= 0.3 is 0 Å². The van der Waals surface area contributed by atoms with Crippen LogP contribution in [0, 0.1) is 11.3 Å². The van der Waals surface area contributed by atoms with Crippen molar-refractivity contribution >= 4 is 27.5 Å². The minimum atomic E-state index is -0.241. The molecule has 4 nitrogen and oxygen atoms in total. The van der Waals surface area contributed by atoms with Gasteiger partial charge in [-0.1, -0.05) is 42.1 Å². The fourth-order valence-corrected chi connectivity index (χ4v) is 2.70. The second-order valence-electron chi connectivity index (χ2n) is 5.69. The highest BCUT2D eigenvalue weighted by molar-refractivity contribution is 9.10. The van der Waals surface area contributed by atoms with Gasteiger partial charge in [-0.25, -0.2) is 0 Å². The predicted octanol–water partition coefficient (Wildman–Crippen LogP) is 5.53. The van der Waals surface area contributed by atoms with Crippen molar-refractivity contribution in [3.8, 4) is 11.8 Å². The summed E-state index contributed by atoms with van der Waals surface area (Å²) >= 11 is 3.40. The van der Waals surface area contributed by atoms with Gasteiger partial charge in [0.15, 0.2) is 0 Å². The molecular formula is C20H21BrN2O2. The molecule has 0 heterocycles. The van der Waals surface area contributed by atoms with Crippen LogP contribution in [0.1, 0.15) is 48.5 Å². The number of anilines is 1. The maximum Gasteiger partial charge on any atom is 0.259 e. The molecule has 0 radical (unpaired) electrons. The molecule has 130 valence electrons. The molecule has 2 rings (SSSR count). The van der Waals surface area contributed by atoms with E-state index in [1.807, 2.05) is 6.07 Å². The first-order valence-electron chi connectivity index (χ1n) is 8.38. The van der Waals surface area contributed by atoms with Crippen molar-refractivity contribution in [1.29, 1.82) is 5.26 Å². The van der Waals surface area contributed by atoms with Gasteiger partial charge in [0, 0.05) is 10.2 Å². The Morgan fingerprint density at radius 2 is 1.92 bits per heavy atom. The van der Waals surface area contributed by atoms with Crippen molar-refractivity contribution in [2.75, 3.05) is 11.9 Å². The van der Waals surface area contributed by atoms with Crippen LogP contribution in [-0.2, 0) is 0 Å². The van der Waals surface area contributed by atoms with Gasteiger partial charge in [0.2, 0.25) is 0 Å². The van der Waals surface area contributed by atoms with Gasteiger partial charge in [-0.15, -0.1) is 0 Å². The van der Waals surface area contributed by atoms with E-state index in [0.29, 0.717) is 29.2 Å². The molecular weight excluding hydrogens is 380 g/mol. The number of rotatable bonds is 8. The number of hydrogen-bond donors (Lipinski definition) is 1. The minimum absolute atomic E-state index is 0.241. The van der Waals surface area contributed by atoms with Crippen LogP contribution in [0.5, 0.6) is 5.75 Å². The van der Waals surface area contributed by atoms with Crippen molar-refractivity contribution in [1.82, 2.24) is 0 Å². The quantitative estimate of drug-likeness (QED) is 0.592. The number of carbonyl (C=O) groups excluding carboxylic acids is 1. The molecule has 0 unspecified atom stereocenters. The molecule has 0 saturated heterocycles. The number of amides is 1. The summed E-state index contributed by atoms with van der Waals surface area (Å²) in [6.07, 6.45) is 4.46. The molecule has 0 aliphatic heterocycles. The van der Waals surface area contributed by atoms with Gasteiger partial charge < -0.3 is 10.1 Å². The molecule has 0 atom stereocenters. The van der Waals surface area contributed by atoms with Gasteiger partial charge in [-0.05, 0) is 48.9 Å². The van der Waals surface area contributed by atoms with Crippen molar-refractivity contribution in [2.24, 2.45) is 0 Å². The van der Waals surface area contributed by atoms with Gasteiger partial charge in [-0.2, -0.15) is 5.26 Å². The topological polar surface area (TPSA) is 62.1 Å². The van der Waals surface area contributed by atoms with Crippen molar-refractivity contribution < 1.29 is 9.53 Å². The lowest BCUT2D eigenvalue weighted by Gasteiger charge is -2.12. The lowest BCUT2D eigenvalue weighted by atomic mass is 10.1. The van der Waals surface area contributed by atoms with E-state index in [1.165, 1.54) is 12.8 Å². The van der Waals surface area contributed by atoms with Crippen LogP contribution in [0.3, 0.4) is 0 Å². The van der Waals surface area contributed by atoms with Crippen LogP contribution in [0.2, 0.25) is 0 Å². The van der Waals surface area contributed by atoms with E-state index in [0.717, 1.165) is 17.3 Å². The second-order valence-corrected chi connectivity index (χ2v) is 6.61. The number of nitriles is 1. The third-order valence-corrected chi connectivity index (χ3v) is 4.21. The number of hydrogen-bond acceptors (Lipinski definition) is 3. The Kier molecular flexibility index (Phi) is 7.49. The summed E-state index contributed by atoms with van der Waals surface area (Å²) in [5.41, 5.74) is 1.67. The first kappa shape index (κ1) is 19.0. The van der Waals surface area contributed by atoms with E-state index in [1.54, 1.807) is 36.4 Å². The number of ether oxygens (including phenoxy) is 1. The highest BCUT2D eigenvalue weighted by Crippen LogP contribution is 2.25. The average Bonchev–Trinajstić information content (AvgIpc) is 2.63. The zero-order valence-electron chi connectivity index (χ0n) is 14.2. The smallest absolute Gasteiger partial charge is 0.259 e. The maximum absolute atomic E-state index is 12.6. The molecule has 5 heteroatoms. The molecule has 1 amide bonds. The highest BCUT2D eigenvalue weighted by atomic mass is 79.9. The number of benzene rings is 2. The summed E-state index contributed by atoms with van der Waals surface area (Å²) < 4.78 is 6.62. The molecule has 0 aliphatic rings. The van der Waals surface area contributed by atoms with Crippen LogP contribution in [0.4, 0.5) is 5.69 Å². The lowest BCUT2D eigenvalue weighted by Crippen LogP contribution is -2.14. The number of halogens is 1. The largest absolute Gasteiger partial charge is 0.493 e. The molecule has 2 aromatic carbocycles. The first-order chi connectivity index (χ1) is 12.1. The van der Waals surface area contributed by atoms with E-state index in [4.69, 9.17) is 10.00 Å². The molecule has 0 saturated carbocycles. The van der Waals surface area contributed by atoms with Crippen molar-refractivity contribution in [3.05, 3.63) is 58.1 Å². The first-order valence-corrected chi connectivity index (χ1v) is 9.17. The van der Waals surface area contributed by atoms with Crippen molar-refractivity contribution in [2.45, 2.75) is 32.6 Å². The Hall–Kier alpha value is -2.32. The van der Waals surface area contributed by atoms with Gasteiger partial charge in [0.25, 0.3) is 5.91 Å². The Labute approximate surface area is 156 Å².